The highest BCUT2D eigenvalue weighted by molar-refractivity contribution is 5.93. The van der Waals surface area contributed by atoms with Gasteiger partial charge in [0.2, 0.25) is 0 Å². The lowest BCUT2D eigenvalue weighted by Crippen LogP contribution is -2.27. The molecule has 0 heterocycles. The van der Waals surface area contributed by atoms with Gasteiger partial charge >= 0.3 is 11.9 Å². The van der Waals surface area contributed by atoms with Crippen molar-refractivity contribution in [2.24, 2.45) is 11.8 Å². The predicted molar refractivity (Wildman–Crippen MR) is 54.3 cm³/mol. The molecule has 1 N–H and O–H groups in total. The van der Waals surface area contributed by atoms with Crippen LogP contribution in [0.5, 0.6) is 0 Å². The van der Waals surface area contributed by atoms with Crippen molar-refractivity contribution in [2.75, 3.05) is 6.61 Å². The van der Waals surface area contributed by atoms with Crippen LogP contribution in [0.3, 0.4) is 0 Å². The van der Waals surface area contributed by atoms with Crippen molar-refractivity contribution in [2.45, 2.75) is 39.0 Å². The van der Waals surface area contributed by atoms with E-state index in [1.54, 1.807) is 6.92 Å². The normalized spacial score (nSPS) is 18.7. The van der Waals surface area contributed by atoms with Crippen LogP contribution in [0, 0.1) is 11.8 Å². The van der Waals surface area contributed by atoms with Gasteiger partial charge in [0.05, 0.1) is 6.61 Å². The van der Waals surface area contributed by atoms with E-state index >= 15 is 0 Å². The summed E-state index contributed by atoms with van der Waals surface area (Å²) in [7, 11) is 0. The molecule has 0 aromatic carbocycles. The third kappa shape index (κ3) is 3.53. The minimum Gasteiger partial charge on any atom is -0.481 e. The van der Waals surface area contributed by atoms with Gasteiger partial charge in [-0.2, -0.15) is 0 Å². The Morgan fingerprint density at radius 2 is 2.00 bits per heavy atom. The van der Waals surface area contributed by atoms with Gasteiger partial charge in [0.25, 0.3) is 0 Å². The smallest absolute Gasteiger partial charge is 0.320 e. The summed E-state index contributed by atoms with van der Waals surface area (Å²) < 4.78 is 4.76. The number of carboxylic acid groups (broad SMARTS) is 1. The fourth-order valence-corrected chi connectivity index (χ4v) is 2.12. The summed E-state index contributed by atoms with van der Waals surface area (Å²) in [4.78, 5) is 22.3. The SMILES string of the molecule is CCOC(=O)[C@@H](CC1CCCC1)C(=O)O. The van der Waals surface area contributed by atoms with Crippen molar-refractivity contribution < 1.29 is 19.4 Å². The van der Waals surface area contributed by atoms with Crippen LogP contribution in [0.2, 0.25) is 0 Å². The third-order valence-electron chi connectivity index (χ3n) is 2.91. The van der Waals surface area contributed by atoms with E-state index in [0.29, 0.717) is 12.3 Å². The van der Waals surface area contributed by atoms with Crippen molar-refractivity contribution in [3.8, 4) is 0 Å². The van der Waals surface area contributed by atoms with E-state index in [-0.39, 0.29) is 6.61 Å². The number of aliphatic carboxylic acids is 1. The molecule has 1 aliphatic rings. The van der Waals surface area contributed by atoms with Crippen LogP contribution in [-0.4, -0.2) is 23.7 Å². The fourth-order valence-electron chi connectivity index (χ4n) is 2.12. The van der Waals surface area contributed by atoms with Gasteiger partial charge in [0, 0.05) is 0 Å². The van der Waals surface area contributed by atoms with E-state index in [1.165, 1.54) is 0 Å². The number of ether oxygens (including phenoxy) is 1. The maximum Gasteiger partial charge on any atom is 0.320 e. The van der Waals surface area contributed by atoms with Crippen LogP contribution < -0.4 is 0 Å². The van der Waals surface area contributed by atoms with Gasteiger partial charge in [-0.25, -0.2) is 0 Å². The maximum atomic E-state index is 11.4. The Labute approximate surface area is 89.6 Å². The molecule has 0 amide bonds. The van der Waals surface area contributed by atoms with Gasteiger partial charge in [-0.05, 0) is 19.3 Å². The highest BCUT2D eigenvalue weighted by atomic mass is 16.5. The monoisotopic (exact) mass is 214 g/mol. The first-order chi connectivity index (χ1) is 7.15. The lowest BCUT2D eigenvalue weighted by atomic mass is 9.93. The molecule has 0 radical (unpaired) electrons. The van der Waals surface area contributed by atoms with E-state index in [2.05, 4.69) is 0 Å². The zero-order valence-electron chi connectivity index (χ0n) is 9.07. The van der Waals surface area contributed by atoms with E-state index in [0.717, 1.165) is 25.7 Å². The van der Waals surface area contributed by atoms with E-state index in [9.17, 15) is 9.59 Å². The highest BCUT2D eigenvalue weighted by Crippen LogP contribution is 2.30. The summed E-state index contributed by atoms with van der Waals surface area (Å²) in [6.07, 6.45) is 4.83. The summed E-state index contributed by atoms with van der Waals surface area (Å²) in [6.45, 7) is 1.93. The number of hydrogen-bond acceptors (Lipinski definition) is 3. The Bertz CT molecular complexity index is 231. The molecule has 0 bridgehead atoms. The second-order valence-electron chi connectivity index (χ2n) is 4.03. The Hall–Kier alpha value is -1.06. The first kappa shape index (κ1) is 12.0. The molecule has 1 atom stereocenters. The largest absolute Gasteiger partial charge is 0.481 e. The van der Waals surface area contributed by atoms with Gasteiger partial charge in [0.15, 0.2) is 5.92 Å². The van der Waals surface area contributed by atoms with Crippen molar-refractivity contribution in [3.63, 3.8) is 0 Å². The molecule has 1 aliphatic carbocycles. The molecule has 1 saturated carbocycles. The number of rotatable bonds is 5. The molecule has 1 rings (SSSR count). The first-order valence-electron chi connectivity index (χ1n) is 5.54. The molecule has 0 aromatic heterocycles. The van der Waals surface area contributed by atoms with Crippen molar-refractivity contribution in [1.29, 1.82) is 0 Å². The quantitative estimate of drug-likeness (QED) is 0.560. The zero-order chi connectivity index (χ0) is 11.3. The lowest BCUT2D eigenvalue weighted by molar-refractivity contribution is -0.159. The second-order valence-corrected chi connectivity index (χ2v) is 4.03. The van der Waals surface area contributed by atoms with Crippen molar-refractivity contribution in [3.05, 3.63) is 0 Å². The van der Waals surface area contributed by atoms with Gasteiger partial charge in [-0.15, -0.1) is 0 Å². The molecule has 0 saturated heterocycles. The van der Waals surface area contributed by atoms with Crippen LogP contribution in [0.1, 0.15) is 39.0 Å². The minimum absolute atomic E-state index is 0.243. The maximum absolute atomic E-state index is 11.4. The first-order valence-corrected chi connectivity index (χ1v) is 5.54. The van der Waals surface area contributed by atoms with Crippen LogP contribution in [-0.2, 0) is 14.3 Å². The topological polar surface area (TPSA) is 63.6 Å². The van der Waals surface area contributed by atoms with Crippen molar-refractivity contribution >= 4 is 11.9 Å². The van der Waals surface area contributed by atoms with Crippen LogP contribution in [0.25, 0.3) is 0 Å². The number of hydrogen-bond donors (Lipinski definition) is 1. The van der Waals surface area contributed by atoms with E-state index in [4.69, 9.17) is 9.84 Å². The Kier molecular flexibility index (Phi) is 4.59. The Morgan fingerprint density at radius 3 is 2.47 bits per heavy atom. The summed E-state index contributed by atoms with van der Waals surface area (Å²) in [6, 6.07) is 0. The average molecular weight is 214 g/mol. The summed E-state index contributed by atoms with van der Waals surface area (Å²) >= 11 is 0. The molecule has 0 spiro atoms. The molecule has 4 heteroatoms. The molecule has 0 aromatic rings. The average Bonchev–Trinajstić information content (AvgIpc) is 2.66. The molecule has 0 unspecified atom stereocenters. The van der Waals surface area contributed by atoms with Crippen molar-refractivity contribution in [1.82, 2.24) is 0 Å². The van der Waals surface area contributed by atoms with E-state index < -0.39 is 17.9 Å². The van der Waals surface area contributed by atoms with Gasteiger partial charge in [-0.3, -0.25) is 9.59 Å². The molecule has 86 valence electrons. The number of carbonyl (C=O) groups is 2. The Morgan fingerprint density at radius 1 is 1.40 bits per heavy atom. The van der Waals surface area contributed by atoms with Gasteiger partial charge in [0.1, 0.15) is 0 Å². The summed E-state index contributed by atoms with van der Waals surface area (Å²) in [5.74, 6) is -2.22. The molecule has 4 nitrogen and oxygen atoms in total. The second kappa shape index (κ2) is 5.73. The standard InChI is InChI=1S/C11H18O4/c1-2-15-11(14)9(10(12)13)7-8-5-3-4-6-8/h8-9H,2-7H2,1H3,(H,12,13)/t9-/m0/s1. The van der Waals surface area contributed by atoms with Crippen LogP contribution in [0.4, 0.5) is 0 Å². The zero-order valence-corrected chi connectivity index (χ0v) is 9.07. The third-order valence-corrected chi connectivity index (χ3v) is 2.91. The van der Waals surface area contributed by atoms with Gasteiger partial charge in [-0.1, -0.05) is 25.7 Å². The van der Waals surface area contributed by atoms with E-state index in [1.807, 2.05) is 0 Å². The minimum atomic E-state index is -1.06. The van der Waals surface area contributed by atoms with Gasteiger partial charge < -0.3 is 9.84 Å². The lowest BCUT2D eigenvalue weighted by Gasteiger charge is -2.15. The molecule has 0 aliphatic heterocycles. The molecular formula is C11H18O4. The summed E-state index contributed by atoms with van der Waals surface area (Å²) in [5, 5.41) is 8.93. The molecule has 1 fully saturated rings. The van der Waals surface area contributed by atoms with Crippen LogP contribution >= 0.6 is 0 Å². The Balaban J connectivity index is 2.49. The number of carbonyl (C=O) groups excluding carboxylic acids is 1. The highest BCUT2D eigenvalue weighted by Gasteiger charge is 2.31. The molecular weight excluding hydrogens is 196 g/mol. The number of esters is 1. The predicted octanol–water partition coefficient (Wildman–Crippen LogP) is 1.83. The fraction of sp³-hybridized carbons (Fsp3) is 0.818. The molecule has 15 heavy (non-hydrogen) atoms. The van der Waals surface area contributed by atoms with Crippen LogP contribution in [0.15, 0.2) is 0 Å². The number of carboxylic acids is 1. The summed E-state index contributed by atoms with van der Waals surface area (Å²) in [5.41, 5.74) is 0.